The number of fused-ring (bicyclic) bond motifs is 1. The van der Waals surface area contributed by atoms with Crippen LogP contribution in [0.15, 0.2) is 34.4 Å². The number of ether oxygens (including phenoxy) is 1. The third kappa shape index (κ3) is 3.91. The number of thiazole rings is 1. The van der Waals surface area contributed by atoms with Crippen molar-refractivity contribution in [3.63, 3.8) is 0 Å². The lowest BCUT2D eigenvalue weighted by molar-refractivity contribution is 0.0605. The minimum atomic E-state index is -0.504. The number of rotatable bonds is 4. The van der Waals surface area contributed by atoms with Crippen LogP contribution in [0.5, 0.6) is 0 Å². The molecule has 0 saturated heterocycles. The first-order chi connectivity index (χ1) is 14.4. The molecule has 0 amide bonds. The monoisotopic (exact) mass is 477 g/mol. The minimum absolute atomic E-state index is 0.202. The lowest BCUT2D eigenvalue weighted by Gasteiger charge is -1.99. The highest BCUT2D eigenvalue weighted by Crippen LogP contribution is 2.30. The number of carbonyl (C=O) groups excluding carboxylic acids is 1. The number of H-pyrrole nitrogens is 1. The molecule has 4 aromatic rings. The van der Waals surface area contributed by atoms with E-state index in [2.05, 4.69) is 15.0 Å². The number of halogens is 2. The quantitative estimate of drug-likeness (QED) is 0.387. The number of nitrogens with zero attached hydrogens (tertiary/aromatic N) is 2. The second-order valence-corrected chi connectivity index (χ2v) is 8.92. The molecule has 6 nitrogen and oxygen atoms in total. The molecule has 1 N–H and O–H groups in total. The molecule has 1 aromatic carbocycles. The summed E-state index contributed by atoms with van der Waals surface area (Å²) in [5.74, 6) is -0.303. The Bertz CT molecular complexity index is 1350. The Labute approximate surface area is 188 Å². The SMILES string of the molecule is COC(=O)c1sc2nc(/C(Cl)=C/c3csc(-c4ccc(Cl)cc4)n3)[nH]c(=O)c2c1C. The van der Waals surface area contributed by atoms with E-state index in [0.717, 1.165) is 21.9 Å². The molecule has 3 heterocycles. The summed E-state index contributed by atoms with van der Waals surface area (Å²) in [7, 11) is 1.29. The van der Waals surface area contributed by atoms with Crippen LogP contribution in [0.4, 0.5) is 0 Å². The van der Waals surface area contributed by atoms with Crippen LogP contribution in [0.25, 0.3) is 31.9 Å². The van der Waals surface area contributed by atoms with Gasteiger partial charge in [-0.3, -0.25) is 4.79 Å². The average molecular weight is 478 g/mol. The van der Waals surface area contributed by atoms with E-state index >= 15 is 0 Å². The molecule has 10 heteroatoms. The van der Waals surface area contributed by atoms with Gasteiger partial charge in [-0.05, 0) is 30.7 Å². The van der Waals surface area contributed by atoms with Gasteiger partial charge in [-0.2, -0.15) is 0 Å². The second kappa shape index (κ2) is 8.31. The Balaban J connectivity index is 1.70. The Morgan fingerprint density at radius 1 is 1.23 bits per heavy atom. The zero-order valence-corrected chi connectivity index (χ0v) is 18.8. The number of aryl methyl sites for hydroxylation is 1. The molecular weight excluding hydrogens is 465 g/mol. The van der Waals surface area contributed by atoms with Gasteiger partial charge in [0.1, 0.15) is 14.7 Å². The summed E-state index contributed by atoms with van der Waals surface area (Å²) in [5.41, 5.74) is 1.74. The predicted octanol–water partition coefficient (Wildman–Crippen LogP) is 5.59. The molecule has 152 valence electrons. The molecule has 0 aliphatic heterocycles. The summed E-state index contributed by atoms with van der Waals surface area (Å²) in [6.45, 7) is 1.69. The highest BCUT2D eigenvalue weighted by Gasteiger charge is 2.20. The Morgan fingerprint density at radius 2 is 1.97 bits per heavy atom. The lowest BCUT2D eigenvalue weighted by Crippen LogP contribution is -2.10. The van der Waals surface area contributed by atoms with E-state index in [4.69, 9.17) is 27.9 Å². The van der Waals surface area contributed by atoms with Gasteiger partial charge >= 0.3 is 5.97 Å². The first-order valence-electron chi connectivity index (χ1n) is 8.58. The van der Waals surface area contributed by atoms with Crippen molar-refractivity contribution in [1.82, 2.24) is 15.0 Å². The van der Waals surface area contributed by atoms with Crippen LogP contribution in [0, 0.1) is 6.92 Å². The van der Waals surface area contributed by atoms with Crippen molar-refractivity contribution < 1.29 is 9.53 Å². The smallest absolute Gasteiger partial charge is 0.348 e. The molecule has 0 spiro atoms. The average Bonchev–Trinajstić information content (AvgIpc) is 3.32. The fraction of sp³-hybridized carbons (Fsp3) is 0.100. The van der Waals surface area contributed by atoms with Gasteiger partial charge in [0.2, 0.25) is 0 Å². The van der Waals surface area contributed by atoms with Crippen LogP contribution in [-0.4, -0.2) is 28.0 Å². The maximum Gasteiger partial charge on any atom is 0.348 e. The molecule has 0 bridgehead atoms. The molecule has 30 heavy (non-hydrogen) atoms. The number of benzene rings is 1. The van der Waals surface area contributed by atoms with Gasteiger partial charge < -0.3 is 9.72 Å². The van der Waals surface area contributed by atoms with Crippen molar-refractivity contribution in [3.05, 3.63) is 67.0 Å². The van der Waals surface area contributed by atoms with Crippen molar-refractivity contribution >= 4 is 73.2 Å². The van der Waals surface area contributed by atoms with Crippen LogP contribution in [0.3, 0.4) is 0 Å². The van der Waals surface area contributed by atoms with Gasteiger partial charge in [-0.1, -0.05) is 35.3 Å². The van der Waals surface area contributed by atoms with Crippen molar-refractivity contribution in [2.24, 2.45) is 0 Å². The van der Waals surface area contributed by atoms with Crippen molar-refractivity contribution in [2.75, 3.05) is 7.11 Å². The fourth-order valence-corrected chi connectivity index (χ4v) is 5.03. The molecular formula is C20H13Cl2N3O3S2. The summed E-state index contributed by atoms with van der Waals surface area (Å²) in [5, 5.41) is 3.91. The number of hydrogen-bond donors (Lipinski definition) is 1. The van der Waals surface area contributed by atoms with Gasteiger partial charge in [0.15, 0.2) is 5.82 Å². The number of hydrogen-bond acceptors (Lipinski definition) is 7. The topological polar surface area (TPSA) is 84.9 Å². The number of nitrogens with one attached hydrogen (secondary N) is 1. The molecule has 0 aliphatic rings. The Hall–Kier alpha value is -2.52. The van der Waals surface area contributed by atoms with E-state index in [-0.39, 0.29) is 16.4 Å². The van der Waals surface area contributed by atoms with Gasteiger partial charge in [-0.25, -0.2) is 14.8 Å². The number of methoxy groups -OCH3 is 1. The lowest BCUT2D eigenvalue weighted by atomic mass is 10.2. The second-order valence-electron chi connectivity index (χ2n) is 6.22. The number of thiophene rings is 1. The largest absolute Gasteiger partial charge is 0.465 e. The maximum absolute atomic E-state index is 12.6. The highest BCUT2D eigenvalue weighted by atomic mass is 35.5. The van der Waals surface area contributed by atoms with Gasteiger partial charge in [-0.15, -0.1) is 22.7 Å². The molecule has 0 saturated carbocycles. The molecule has 0 radical (unpaired) electrons. The van der Waals surface area contributed by atoms with Crippen LogP contribution >= 0.6 is 45.9 Å². The van der Waals surface area contributed by atoms with E-state index in [1.165, 1.54) is 18.4 Å². The summed E-state index contributed by atoms with van der Waals surface area (Å²) in [6.07, 6.45) is 1.63. The molecule has 0 fully saturated rings. The summed E-state index contributed by atoms with van der Waals surface area (Å²) < 4.78 is 4.77. The summed E-state index contributed by atoms with van der Waals surface area (Å²) >= 11 is 14.9. The predicted molar refractivity (Wildman–Crippen MR) is 123 cm³/mol. The van der Waals surface area contributed by atoms with Gasteiger partial charge in [0, 0.05) is 16.0 Å². The number of aromatic nitrogens is 3. The fourth-order valence-electron chi connectivity index (χ4n) is 2.82. The number of esters is 1. The van der Waals surface area contributed by atoms with Gasteiger partial charge in [0.05, 0.1) is 23.2 Å². The molecule has 0 aliphatic carbocycles. The summed E-state index contributed by atoms with van der Waals surface area (Å²) in [6, 6.07) is 7.38. The molecule has 0 atom stereocenters. The first-order valence-corrected chi connectivity index (χ1v) is 11.0. The molecule has 0 unspecified atom stereocenters. The zero-order valence-electron chi connectivity index (χ0n) is 15.7. The van der Waals surface area contributed by atoms with Crippen LogP contribution in [0.2, 0.25) is 5.02 Å². The maximum atomic E-state index is 12.6. The minimum Gasteiger partial charge on any atom is -0.465 e. The normalized spacial score (nSPS) is 11.8. The zero-order chi connectivity index (χ0) is 21.4. The highest BCUT2D eigenvalue weighted by molar-refractivity contribution is 7.20. The van der Waals surface area contributed by atoms with E-state index in [1.807, 2.05) is 17.5 Å². The Kier molecular flexibility index (Phi) is 5.75. The van der Waals surface area contributed by atoms with Crippen LogP contribution in [0.1, 0.15) is 26.8 Å². The first kappa shape index (κ1) is 20.7. The van der Waals surface area contributed by atoms with E-state index in [1.54, 1.807) is 25.1 Å². The number of aromatic amines is 1. The third-order valence-corrected chi connectivity index (χ3v) is 6.90. The third-order valence-electron chi connectivity index (χ3n) is 4.29. The standard InChI is InChI=1S/C20H13Cl2N3O3S2/c1-9-14-17(26)24-16(25-19(14)30-15(9)20(27)28-2)13(22)7-12-8-29-18(23-12)10-3-5-11(21)6-4-10/h3-8H,1-2H3,(H,24,25,26)/b13-7-. The van der Waals surface area contributed by atoms with Gasteiger partial charge in [0.25, 0.3) is 5.56 Å². The van der Waals surface area contributed by atoms with Crippen LogP contribution < -0.4 is 5.56 Å². The Morgan fingerprint density at radius 3 is 2.67 bits per heavy atom. The van der Waals surface area contributed by atoms with E-state index in [9.17, 15) is 9.59 Å². The summed E-state index contributed by atoms with van der Waals surface area (Å²) in [4.78, 5) is 36.9. The molecule has 3 aromatic heterocycles. The van der Waals surface area contributed by atoms with E-state index in [0.29, 0.717) is 31.4 Å². The van der Waals surface area contributed by atoms with Crippen LogP contribution in [-0.2, 0) is 4.74 Å². The van der Waals surface area contributed by atoms with Crippen molar-refractivity contribution in [3.8, 4) is 10.6 Å². The van der Waals surface area contributed by atoms with Crippen molar-refractivity contribution in [2.45, 2.75) is 6.92 Å². The number of carbonyl (C=O) groups is 1. The van der Waals surface area contributed by atoms with E-state index < -0.39 is 5.97 Å². The molecule has 4 rings (SSSR count). The van der Waals surface area contributed by atoms with Crippen molar-refractivity contribution in [1.29, 1.82) is 0 Å².